The van der Waals surface area contributed by atoms with Gasteiger partial charge in [-0.15, -0.1) is 0 Å². The predicted octanol–water partition coefficient (Wildman–Crippen LogP) is 1.82. The molecule has 0 spiro atoms. The number of nitrogens with zero attached hydrogens (tertiary/aromatic N) is 4. The van der Waals surface area contributed by atoms with Crippen LogP contribution >= 0.6 is 0 Å². The average Bonchev–Trinajstić information content (AvgIpc) is 3.22. The van der Waals surface area contributed by atoms with Gasteiger partial charge in [-0.25, -0.2) is 4.98 Å². The fourth-order valence-electron chi connectivity index (χ4n) is 4.68. The summed E-state index contributed by atoms with van der Waals surface area (Å²) in [4.78, 5) is 33.4. The number of rotatable bonds is 5. The van der Waals surface area contributed by atoms with Gasteiger partial charge in [0.25, 0.3) is 0 Å². The smallest absolute Gasteiger partial charge is 0.249 e. The Morgan fingerprint density at radius 3 is 2.86 bits per heavy atom. The van der Waals surface area contributed by atoms with Crippen LogP contribution in [0.2, 0.25) is 0 Å². The fraction of sp³-hybridized carbons (Fsp3) is 0.500. The number of carbonyl (C=O) groups excluding carboxylic acids is 2. The normalized spacial score (nSPS) is 24.5. The molecule has 0 aliphatic carbocycles. The lowest BCUT2D eigenvalue weighted by Gasteiger charge is -2.54. The lowest BCUT2D eigenvalue weighted by Crippen LogP contribution is -2.67. The van der Waals surface area contributed by atoms with Crippen LogP contribution in [0.15, 0.2) is 42.7 Å². The molecule has 0 radical (unpaired) electrons. The van der Waals surface area contributed by atoms with Gasteiger partial charge in [0.1, 0.15) is 18.5 Å². The maximum Gasteiger partial charge on any atom is 0.249 e. The van der Waals surface area contributed by atoms with Crippen LogP contribution in [0, 0.1) is 0 Å². The fourth-order valence-corrected chi connectivity index (χ4v) is 4.68. The van der Waals surface area contributed by atoms with Gasteiger partial charge in [0, 0.05) is 51.9 Å². The second-order valence-corrected chi connectivity index (χ2v) is 7.77. The number of imidazole rings is 1. The van der Waals surface area contributed by atoms with Crippen molar-refractivity contribution in [3.05, 3.63) is 54.1 Å². The van der Waals surface area contributed by atoms with E-state index in [1.165, 1.54) is 0 Å². The summed E-state index contributed by atoms with van der Waals surface area (Å²) < 4.78 is 8.03. The van der Waals surface area contributed by atoms with Gasteiger partial charge in [-0.3, -0.25) is 9.59 Å². The van der Waals surface area contributed by atoms with Crippen molar-refractivity contribution in [3.63, 3.8) is 0 Å². The van der Waals surface area contributed by atoms with E-state index in [1.54, 1.807) is 6.20 Å². The van der Waals surface area contributed by atoms with Crippen LogP contribution in [-0.4, -0.2) is 64.0 Å². The molecule has 2 fully saturated rings. The molecular formula is C22H28N4O3. The Labute approximate surface area is 171 Å². The van der Waals surface area contributed by atoms with E-state index in [1.807, 2.05) is 57.9 Å². The molecule has 29 heavy (non-hydrogen) atoms. The number of likely N-dealkylation sites (N-methyl/N-ethyl adjacent to an activating group) is 1. The van der Waals surface area contributed by atoms with Crippen molar-refractivity contribution in [2.75, 3.05) is 26.7 Å². The van der Waals surface area contributed by atoms with Crippen LogP contribution in [-0.2, 0) is 32.8 Å². The molecule has 0 N–H and O–H groups in total. The number of aryl methyl sites for hydroxylation is 2. The number of ether oxygens (including phenoxy) is 1. The number of aromatic nitrogens is 2. The van der Waals surface area contributed by atoms with Crippen molar-refractivity contribution < 1.29 is 14.3 Å². The Bertz CT molecular complexity index is 881. The van der Waals surface area contributed by atoms with E-state index in [0.717, 1.165) is 17.8 Å². The molecule has 2 amide bonds. The molecule has 2 aliphatic rings. The Balaban J connectivity index is 1.50. The highest BCUT2D eigenvalue weighted by Gasteiger charge is 2.53. The van der Waals surface area contributed by atoms with Crippen molar-refractivity contribution in [3.8, 4) is 0 Å². The summed E-state index contributed by atoms with van der Waals surface area (Å²) >= 11 is 0. The number of amides is 2. The second kappa shape index (κ2) is 7.99. The first kappa shape index (κ1) is 19.6. The monoisotopic (exact) mass is 396 g/mol. The lowest BCUT2D eigenvalue weighted by molar-refractivity contribution is -0.184. The van der Waals surface area contributed by atoms with Crippen LogP contribution in [0.1, 0.15) is 31.2 Å². The molecule has 4 rings (SSSR count). The Morgan fingerprint density at radius 1 is 1.31 bits per heavy atom. The number of hydrogen-bond donors (Lipinski definition) is 0. The number of hydrogen-bond acceptors (Lipinski definition) is 4. The summed E-state index contributed by atoms with van der Waals surface area (Å²) in [5.41, 5.74) is 0.547. The zero-order valence-electron chi connectivity index (χ0n) is 17.1. The molecule has 7 nitrogen and oxygen atoms in total. The first-order valence-electron chi connectivity index (χ1n) is 10.3. The van der Waals surface area contributed by atoms with Crippen molar-refractivity contribution >= 4 is 11.8 Å². The molecule has 2 aromatic rings. The third-order valence-electron chi connectivity index (χ3n) is 6.37. The summed E-state index contributed by atoms with van der Waals surface area (Å²) in [6.07, 6.45) is 5.42. The molecule has 2 aliphatic heterocycles. The van der Waals surface area contributed by atoms with Gasteiger partial charge in [-0.05, 0) is 12.0 Å². The van der Waals surface area contributed by atoms with Crippen molar-refractivity contribution in [2.45, 2.75) is 44.4 Å². The van der Waals surface area contributed by atoms with Gasteiger partial charge in [0.15, 0.2) is 0 Å². The van der Waals surface area contributed by atoms with Gasteiger partial charge in [0.2, 0.25) is 11.8 Å². The van der Waals surface area contributed by atoms with E-state index in [2.05, 4.69) is 11.9 Å². The number of morpholine rings is 1. The van der Waals surface area contributed by atoms with Crippen molar-refractivity contribution in [2.24, 2.45) is 0 Å². The van der Waals surface area contributed by atoms with E-state index >= 15 is 0 Å². The summed E-state index contributed by atoms with van der Waals surface area (Å²) in [7, 11) is 1.85. The van der Waals surface area contributed by atoms with Gasteiger partial charge in [-0.1, -0.05) is 37.3 Å². The maximum atomic E-state index is 12.9. The third-order valence-corrected chi connectivity index (χ3v) is 6.37. The van der Waals surface area contributed by atoms with Crippen LogP contribution in [0.25, 0.3) is 0 Å². The van der Waals surface area contributed by atoms with E-state index in [9.17, 15) is 9.59 Å². The maximum absolute atomic E-state index is 12.9. The van der Waals surface area contributed by atoms with E-state index < -0.39 is 5.54 Å². The molecule has 0 bridgehead atoms. The first-order valence-corrected chi connectivity index (χ1v) is 10.3. The molecular weight excluding hydrogens is 368 g/mol. The summed E-state index contributed by atoms with van der Waals surface area (Å²) in [6.45, 7) is 3.86. The predicted molar refractivity (Wildman–Crippen MR) is 108 cm³/mol. The standard InChI is InChI=1S/C22H28N4O3/c1-3-19-23-11-14-25(19)12-9-20(27)26-13-10-22(17-7-5-4-6-8-17)18(15-26)29-16-21(28)24(22)2/h4-8,11,14,18H,3,9-10,12-13,15-16H2,1-2H3/t18-,22+/m1/s1. The summed E-state index contributed by atoms with van der Waals surface area (Å²) in [5, 5.41) is 0. The molecule has 1 aromatic carbocycles. The first-order chi connectivity index (χ1) is 14.1. The minimum atomic E-state index is -0.521. The Morgan fingerprint density at radius 2 is 2.10 bits per heavy atom. The zero-order valence-corrected chi connectivity index (χ0v) is 17.1. The van der Waals surface area contributed by atoms with Gasteiger partial charge >= 0.3 is 0 Å². The minimum Gasteiger partial charge on any atom is -0.364 e. The zero-order chi connectivity index (χ0) is 20.4. The molecule has 2 saturated heterocycles. The number of carbonyl (C=O) groups is 2. The van der Waals surface area contributed by atoms with Crippen molar-refractivity contribution in [1.82, 2.24) is 19.4 Å². The molecule has 1 aromatic heterocycles. The highest BCUT2D eigenvalue weighted by Crippen LogP contribution is 2.42. The number of likely N-dealkylation sites (tertiary alicyclic amines) is 1. The molecule has 0 saturated carbocycles. The van der Waals surface area contributed by atoms with Crippen LogP contribution in [0.4, 0.5) is 0 Å². The van der Waals surface area contributed by atoms with Crippen molar-refractivity contribution in [1.29, 1.82) is 0 Å². The van der Waals surface area contributed by atoms with E-state index in [-0.39, 0.29) is 24.5 Å². The minimum absolute atomic E-state index is 0.0166. The van der Waals surface area contributed by atoms with Crippen LogP contribution in [0.3, 0.4) is 0 Å². The number of piperidine rings is 1. The third kappa shape index (κ3) is 3.44. The lowest BCUT2D eigenvalue weighted by atomic mass is 9.76. The van der Waals surface area contributed by atoms with E-state index in [4.69, 9.17) is 4.74 Å². The Hall–Kier alpha value is -2.67. The summed E-state index contributed by atoms with van der Waals surface area (Å²) in [6, 6.07) is 10.0. The highest BCUT2D eigenvalue weighted by molar-refractivity contribution is 5.80. The summed E-state index contributed by atoms with van der Waals surface area (Å²) in [5.74, 6) is 1.10. The largest absolute Gasteiger partial charge is 0.364 e. The van der Waals surface area contributed by atoms with Crippen LogP contribution in [0.5, 0.6) is 0 Å². The molecule has 7 heteroatoms. The Kier molecular flexibility index (Phi) is 5.41. The topological polar surface area (TPSA) is 67.7 Å². The van der Waals surface area contributed by atoms with Gasteiger partial charge in [0.05, 0.1) is 5.54 Å². The number of benzene rings is 1. The van der Waals surface area contributed by atoms with Crippen LogP contribution < -0.4 is 0 Å². The quantitative estimate of drug-likeness (QED) is 0.773. The molecule has 154 valence electrons. The van der Waals surface area contributed by atoms with Gasteiger partial charge in [-0.2, -0.15) is 0 Å². The van der Waals surface area contributed by atoms with Gasteiger partial charge < -0.3 is 19.1 Å². The average molecular weight is 396 g/mol. The highest BCUT2D eigenvalue weighted by atomic mass is 16.5. The second-order valence-electron chi connectivity index (χ2n) is 7.77. The van der Waals surface area contributed by atoms with E-state index in [0.29, 0.717) is 32.5 Å². The number of fused-ring (bicyclic) bond motifs is 1. The molecule has 2 atom stereocenters. The SMILES string of the molecule is CCc1nccn1CCC(=O)N1CC[C@]2(c3ccccc3)[C@@H](C1)OCC(=O)N2C. The molecule has 0 unspecified atom stereocenters. The molecule has 3 heterocycles.